The predicted octanol–water partition coefficient (Wildman–Crippen LogP) is 4.52. The van der Waals surface area contributed by atoms with Gasteiger partial charge in [0.25, 0.3) is 11.7 Å². The molecule has 1 saturated heterocycles. The van der Waals surface area contributed by atoms with E-state index < -0.39 is 29.4 Å². The summed E-state index contributed by atoms with van der Waals surface area (Å²) in [6.07, 6.45) is 0.677. The molecule has 0 spiro atoms. The van der Waals surface area contributed by atoms with E-state index in [-0.39, 0.29) is 17.9 Å². The molecule has 1 unspecified atom stereocenters. The number of likely N-dealkylation sites (tertiary alicyclic amines) is 1. The standard InChI is InChI=1S/C26H19F2NO4/c27-19-6-1-15(2-7-19)14-29-23(16-3-8-20(28)9-4-16)22(25(31)26(29)32)24(30)18-5-10-21-17(13-18)11-12-33-21/h1-10,13,23,30H,11-12,14H2/b24-22-. The highest BCUT2D eigenvalue weighted by atomic mass is 19.1. The van der Waals surface area contributed by atoms with Crippen molar-refractivity contribution in [2.24, 2.45) is 0 Å². The first kappa shape index (κ1) is 20.9. The molecule has 166 valence electrons. The Bertz CT molecular complexity index is 1280. The molecule has 33 heavy (non-hydrogen) atoms. The van der Waals surface area contributed by atoms with Gasteiger partial charge in [-0.3, -0.25) is 9.59 Å². The van der Waals surface area contributed by atoms with Crippen molar-refractivity contribution in [2.75, 3.05) is 6.61 Å². The van der Waals surface area contributed by atoms with Crippen molar-refractivity contribution in [1.29, 1.82) is 0 Å². The van der Waals surface area contributed by atoms with Gasteiger partial charge in [0, 0.05) is 18.5 Å². The van der Waals surface area contributed by atoms with E-state index in [1.54, 1.807) is 18.2 Å². The van der Waals surface area contributed by atoms with Crippen LogP contribution in [-0.2, 0) is 22.6 Å². The molecule has 1 N–H and O–H groups in total. The van der Waals surface area contributed by atoms with Crippen molar-refractivity contribution >= 4 is 17.4 Å². The number of carbonyl (C=O) groups excluding carboxylic acids is 2. The van der Waals surface area contributed by atoms with E-state index in [4.69, 9.17) is 4.74 Å². The van der Waals surface area contributed by atoms with Gasteiger partial charge in [0.2, 0.25) is 0 Å². The van der Waals surface area contributed by atoms with E-state index in [0.717, 1.165) is 11.3 Å². The zero-order valence-electron chi connectivity index (χ0n) is 17.4. The highest BCUT2D eigenvalue weighted by molar-refractivity contribution is 6.46. The molecule has 5 nitrogen and oxygen atoms in total. The molecule has 1 fully saturated rings. The quantitative estimate of drug-likeness (QED) is 0.363. The summed E-state index contributed by atoms with van der Waals surface area (Å²) in [6.45, 7) is 0.554. The van der Waals surface area contributed by atoms with Crippen molar-refractivity contribution in [3.05, 3.63) is 106 Å². The lowest BCUT2D eigenvalue weighted by molar-refractivity contribution is -0.140. The number of fused-ring (bicyclic) bond motifs is 1. The zero-order valence-corrected chi connectivity index (χ0v) is 17.4. The molecule has 1 amide bonds. The molecule has 0 saturated carbocycles. The summed E-state index contributed by atoms with van der Waals surface area (Å²) in [7, 11) is 0. The summed E-state index contributed by atoms with van der Waals surface area (Å²) in [5.41, 5.74) is 2.31. The van der Waals surface area contributed by atoms with E-state index in [0.29, 0.717) is 29.7 Å². The van der Waals surface area contributed by atoms with Crippen LogP contribution < -0.4 is 4.74 Å². The van der Waals surface area contributed by atoms with Crippen molar-refractivity contribution in [3.8, 4) is 5.75 Å². The molecule has 0 aliphatic carbocycles. The monoisotopic (exact) mass is 447 g/mol. The maximum absolute atomic E-state index is 13.6. The highest BCUT2D eigenvalue weighted by Gasteiger charge is 2.46. The third-order valence-corrected chi connectivity index (χ3v) is 5.95. The van der Waals surface area contributed by atoms with Crippen LogP contribution in [0.2, 0.25) is 0 Å². The van der Waals surface area contributed by atoms with Gasteiger partial charge >= 0.3 is 0 Å². The summed E-state index contributed by atoms with van der Waals surface area (Å²) in [5.74, 6) is -2.10. The van der Waals surface area contributed by atoms with Gasteiger partial charge < -0.3 is 14.7 Å². The Morgan fingerprint density at radius 1 is 0.970 bits per heavy atom. The molecule has 0 radical (unpaired) electrons. The number of aliphatic hydroxyl groups excluding tert-OH is 1. The largest absolute Gasteiger partial charge is 0.507 e. The van der Waals surface area contributed by atoms with Crippen molar-refractivity contribution in [1.82, 2.24) is 4.90 Å². The molecule has 1 atom stereocenters. The van der Waals surface area contributed by atoms with Crippen LogP contribution in [0.25, 0.3) is 5.76 Å². The first-order chi connectivity index (χ1) is 15.9. The average Bonchev–Trinajstić information content (AvgIpc) is 3.38. The lowest BCUT2D eigenvalue weighted by Gasteiger charge is -2.25. The first-order valence-electron chi connectivity index (χ1n) is 10.5. The second-order valence-corrected chi connectivity index (χ2v) is 8.03. The number of aliphatic hydroxyl groups is 1. The number of Topliss-reactive ketones (excluding diaryl/α,β-unsaturated/α-hetero) is 1. The van der Waals surface area contributed by atoms with E-state index in [2.05, 4.69) is 0 Å². The number of hydrogen-bond acceptors (Lipinski definition) is 4. The van der Waals surface area contributed by atoms with E-state index >= 15 is 0 Å². The van der Waals surface area contributed by atoms with Crippen LogP contribution in [0.5, 0.6) is 5.75 Å². The third-order valence-electron chi connectivity index (χ3n) is 5.95. The maximum atomic E-state index is 13.6. The van der Waals surface area contributed by atoms with Gasteiger partial charge in [-0.15, -0.1) is 0 Å². The minimum absolute atomic E-state index is 0.0156. The normalized spacial score (nSPS) is 19.0. The number of carbonyl (C=O) groups is 2. The smallest absolute Gasteiger partial charge is 0.295 e. The van der Waals surface area contributed by atoms with Crippen LogP contribution in [0, 0.1) is 11.6 Å². The van der Waals surface area contributed by atoms with Crippen LogP contribution in [-0.4, -0.2) is 28.3 Å². The summed E-state index contributed by atoms with van der Waals surface area (Å²) >= 11 is 0. The predicted molar refractivity (Wildman–Crippen MR) is 116 cm³/mol. The minimum atomic E-state index is -0.930. The topological polar surface area (TPSA) is 66.8 Å². The lowest BCUT2D eigenvalue weighted by Crippen LogP contribution is -2.29. The lowest BCUT2D eigenvalue weighted by atomic mass is 9.94. The van der Waals surface area contributed by atoms with Crippen molar-refractivity contribution in [2.45, 2.75) is 19.0 Å². The molecule has 7 heteroatoms. The maximum Gasteiger partial charge on any atom is 0.295 e. The Kier molecular flexibility index (Phi) is 5.17. The van der Waals surface area contributed by atoms with Crippen LogP contribution in [0.15, 0.2) is 72.3 Å². The Hall–Kier alpha value is -4.00. The van der Waals surface area contributed by atoms with Crippen LogP contribution in [0.3, 0.4) is 0 Å². The fraction of sp³-hybridized carbons (Fsp3) is 0.154. The molecular formula is C26H19F2NO4. The molecule has 0 aromatic heterocycles. The van der Waals surface area contributed by atoms with Crippen molar-refractivity contribution < 1.29 is 28.2 Å². The molecule has 3 aromatic carbocycles. The summed E-state index contributed by atoms with van der Waals surface area (Å²) in [6, 6.07) is 15.2. The number of benzene rings is 3. The SMILES string of the molecule is O=C1C(=O)N(Cc2ccc(F)cc2)C(c2ccc(F)cc2)/C1=C(/O)c1ccc2c(c1)CCO2. The Morgan fingerprint density at radius 2 is 1.64 bits per heavy atom. The van der Waals surface area contributed by atoms with E-state index in [9.17, 15) is 23.5 Å². The number of halogens is 2. The third kappa shape index (κ3) is 3.75. The van der Waals surface area contributed by atoms with Gasteiger partial charge in [-0.1, -0.05) is 24.3 Å². The molecule has 2 heterocycles. The fourth-order valence-electron chi connectivity index (χ4n) is 4.31. The first-order valence-corrected chi connectivity index (χ1v) is 10.5. The molecule has 2 aliphatic heterocycles. The molecule has 2 aliphatic rings. The summed E-state index contributed by atoms with van der Waals surface area (Å²) in [4.78, 5) is 27.4. The number of amides is 1. The van der Waals surface area contributed by atoms with Gasteiger partial charge in [-0.05, 0) is 59.2 Å². The van der Waals surface area contributed by atoms with Crippen molar-refractivity contribution in [3.63, 3.8) is 0 Å². The van der Waals surface area contributed by atoms with E-state index in [1.165, 1.54) is 53.4 Å². The fourth-order valence-corrected chi connectivity index (χ4v) is 4.31. The number of ether oxygens (including phenoxy) is 1. The van der Waals surface area contributed by atoms with Gasteiger partial charge in [-0.25, -0.2) is 8.78 Å². The van der Waals surface area contributed by atoms with Gasteiger partial charge in [0.1, 0.15) is 23.1 Å². The molecular weight excluding hydrogens is 428 g/mol. The average molecular weight is 447 g/mol. The number of nitrogens with zero attached hydrogens (tertiary/aromatic N) is 1. The molecule has 0 bridgehead atoms. The number of ketones is 1. The van der Waals surface area contributed by atoms with Crippen LogP contribution in [0.4, 0.5) is 8.78 Å². The van der Waals surface area contributed by atoms with Gasteiger partial charge in [0.05, 0.1) is 18.2 Å². The van der Waals surface area contributed by atoms with Gasteiger partial charge in [0.15, 0.2) is 0 Å². The second-order valence-electron chi connectivity index (χ2n) is 8.03. The van der Waals surface area contributed by atoms with Gasteiger partial charge in [-0.2, -0.15) is 0 Å². The zero-order chi connectivity index (χ0) is 23.1. The van der Waals surface area contributed by atoms with E-state index in [1.807, 2.05) is 0 Å². The van der Waals surface area contributed by atoms with Crippen LogP contribution in [0.1, 0.15) is 28.3 Å². The molecule has 5 rings (SSSR count). The summed E-state index contributed by atoms with van der Waals surface area (Å²) < 4.78 is 32.5. The Morgan fingerprint density at radius 3 is 2.33 bits per heavy atom. The number of rotatable bonds is 4. The minimum Gasteiger partial charge on any atom is -0.507 e. The number of hydrogen-bond donors (Lipinski definition) is 1. The summed E-state index contributed by atoms with van der Waals surface area (Å²) in [5, 5.41) is 11.2. The Balaban J connectivity index is 1.62. The Labute approximate surface area is 188 Å². The molecule has 3 aromatic rings. The van der Waals surface area contributed by atoms with Crippen LogP contribution >= 0.6 is 0 Å². The highest BCUT2D eigenvalue weighted by Crippen LogP contribution is 2.41. The second kappa shape index (κ2) is 8.16.